The van der Waals surface area contributed by atoms with Gasteiger partial charge < -0.3 is 10.3 Å². The maximum absolute atomic E-state index is 13.6. The van der Waals surface area contributed by atoms with E-state index in [1.165, 1.54) is 6.07 Å². The molecule has 4 nitrogen and oxygen atoms in total. The largest absolute Gasteiger partial charge is 0.339 e. The normalized spacial score (nSPS) is 12.6. The molecule has 2 rings (SSSR count). The zero-order valence-electron chi connectivity index (χ0n) is 10.6. The lowest BCUT2D eigenvalue weighted by molar-refractivity contribution is 0.376. The van der Waals surface area contributed by atoms with E-state index in [1.807, 2.05) is 6.92 Å². The summed E-state index contributed by atoms with van der Waals surface area (Å²) in [6.07, 6.45) is 1.56. The standard InChI is InChI=1S/C13H15ClFN3O/c1-2-8(16)6-12-17-13(19-18-12)7-9-10(14)4-3-5-11(9)15/h3-5,8H,2,6-7,16H2,1H3. The van der Waals surface area contributed by atoms with Crippen molar-refractivity contribution in [3.63, 3.8) is 0 Å². The van der Waals surface area contributed by atoms with Crippen molar-refractivity contribution >= 4 is 11.6 Å². The van der Waals surface area contributed by atoms with Gasteiger partial charge in [0.05, 0.1) is 6.42 Å². The fourth-order valence-electron chi connectivity index (χ4n) is 1.68. The second-order valence-electron chi connectivity index (χ2n) is 4.35. The SMILES string of the molecule is CCC(N)Cc1noc(Cc2c(F)cccc2Cl)n1. The molecule has 6 heteroatoms. The molecular weight excluding hydrogens is 269 g/mol. The van der Waals surface area contributed by atoms with Crippen molar-refractivity contribution in [3.05, 3.63) is 46.3 Å². The number of halogens is 2. The lowest BCUT2D eigenvalue weighted by Gasteiger charge is -2.03. The fraction of sp³-hybridized carbons (Fsp3) is 0.385. The summed E-state index contributed by atoms with van der Waals surface area (Å²) >= 11 is 5.94. The second-order valence-corrected chi connectivity index (χ2v) is 4.76. The molecule has 0 saturated heterocycles. The number of aromatic nitrogens is 2. The predicted octanol–water partition coefficient (Wildman–Crippen LogP) is 2.73. The molecule has 0 aliphatic heterocycles. The summed E-state index contributed by atoms with van der Waals surface area (Å²) in [6, 6.07) is 4.54. The van der Waals surface area contributed by atoms with Crippen LogP contribution in [0.25, 0.3) is 0 Å². The highest BCUT2D eigenvalue weighted by Crippen LogP contribution is 2.21. The third kappa shape index (κ3) is 3.52. The van der Waals surface area contributed by atoms with Crippen molar-refractivity contribution in [2.75, 3.05) is 0 Å². The van der Waals surface area contributed by atoms with Crippen molar-refractivity contribution in [2.45, 2.75) is 32.2 Å². The molecular formula is C13H15ClFN3O. The third-order valence-electron chi connectivity index (χ3n) is 2.87. The molecule has 0 fully saturated rings. The number of rotatable bonds is 5. The smallest absolute Gasteiger partial charge is 0.231 e. The summed E-state index contributed by atoms with van der Waals surface area (Å²) in [4.78, 5) is 4.19. The molecule has 1 aromatic carbocycles. The van der Waals surface area contributed by atoms with Gasteiger partial charge in [-0.05, 0) is 18.6 Å². The van der Waals surface area contributed by atoms with Gasteiger partial charge in [0.25, 0.3) is 0 Å². The lowest BCUT2D eigenvalue weighted by Crippen LogP contribution is -2.22. The molecule has 0 amide bonds. The van der Waals surface area contributed by atoms with E-state index in [4.69, 9.17) is 21.9 Å². The third-order valence-corrected chi connectivity index (χ3v) is 3.22. The quantitative estimate of drug-likeness (QED) is 0.916. The Balaban J connectivity index is 2.12. The van der Waals surface area contributed by atoms with Gasteiger partial charge in [0.1, 0.15) is 5.82 Å². The molecule has 2 N–H and O–H groups in total. The van der Waals surface area contributed by atoms with Gasteiger partial charge in [-0.1, -0.05) is 29.7 Å². The number of nitrogens with two attached hydrogens (primary N) is 1. The molecule has 0 saturated carbocycles. The predicted molar refractivity (Wildman–Crippen MR) is 70.5 cm³/mol. The molecule has 1 heterocycles. The first-order chi connectivity index (χ1) is 9.10. The van der Waals surface area contributed by atoms with Crippen LogP contribution >= 0.6 is 11.6 Å². The van der Waals surface area contributed by atoms with E-state index in [-0.39, 0.29) is 18.3 Å². The number of nitrogens with zero attached hydrogens (tertiary/aromatic N) is 2. The Bertz CT molecular complexity index is 538. The molecule has 1 atom stereocenters. The highest BCUT2D eigenvalue weighted by molar-refractivity contribution is 6.31. The van der Waals surface area contributed by atoms with E-state index in [0.29, 0.717) is 28.7 Å². The van der Waals surface area contributed by atoms with Crippen molar-refractivity contribution in [2.24, 2.45) is 5.73 Å². The van der Waals surface area contributed by atoms with Gasteiger partial charge in [0, 0.05) is 23.0 Å². The molecule has 2 aromatic rings. The molecule has 0 spiro atoms. The Labute approximate surface area is 115 Å². The molecule has 19 heavy (non-hydrogen) atoms. The lowest BCUT2D eigenvalue weighted by atomic mass is 10.1. The minimum atomic E-state index is -0.377. The molecule has 1 unspecified atom stereocenters. The monoisotopic (exact) mass is 283 g/mol. The van der Waals surface area contributed by atoms with Crippen LogP contribution in [0.1, 0.15) is 30.6 Å². The van der Waals surface area contributed by atoms with Crippen molar-refractivity contribution < 1.29 is 8.91 Å². The van der Waals surface area contributed by atoms with Crippen LogP contribution in [-0.4, -0.2) is 16.2 Å². The summed E-state index contributed by atoms with van der Waals surface area (Å²) in [6.45, 7) is 1.99. The summed E-state index contributed by atoms with van der Waals surface area (Å²) in [5.74, 6) is 0.500. The molecule has 0 radical (unpaired) electrons. The van der Waals surface area contributed by atoms with Crippen LogP contribution in [0.2, 0.25) is 5.02 Å². The minimum absolute atomic E-state index is 0.00231. The van der Waals surface area contributed by atoms with E-state index in [1.54, 1.807) is 12.1 Å². The fourth-order valence-corrected chi connectivity index (χ4v) is 1.91. The highest BCUT2D eigenvalue weighted by atomic mass is 35.5. The van der Waals surface area contributed by atoms with Gasteiger partial charge in [-0.15, -0.1) is 0 Å². The number of hydrogen-bond acceptors (Lipinski definition) is 4. The topological polar surface area (TPSA) is 64.9 Å². The van der Waals surface area contributed by atoms with Crippen LogP contribution < -0.4 is 5.73 Å². The van der Waals surface area contributed by atoms with Crippen LogP contribution in [-0.2, 0) is 12.8 Å². The van der Waals surface area contributed by atoms with Crippen molar-refractivity contribution in [1.82, 2.24) is 10.1 Å². The average Bonchev–Trinajstić information content (AvgIpc) is 2.81. The molecule has 1 aromatic heterocycles. The average molecular weight is 284 g/mol. The van der Waals surface area contributed by atoms with E-state index in [9.17, 15) is 4.39 Å². The van der Waals surface area contributed by atoms with E-state index in [2.05, 4.69) is 10.1 Å². The maximum Gasteiger partial charge on any atom is 0.231 e. The van der Waals surface area contributed by atoms with Gasteiger partial charge in [-0.3, -0.25) is 0 Å². The van der Waals surface area contributed by atoms with Crippen LogP contribution in [0.4, 0.5) is 4.39 Å². The van der Waals surface area contributed by atoms with Crippen LogP contribution in [0.5, 0.6) is 0 Å². The Morgan fingerprint density at radius 3 is 2.95 bits per heavy atom. The first-order valence-electron chi connectivity index (χ1n) is 6.10. The number of hydrogen-bond donors (Lipinski definition) is 1. The first-order valence-corrected chi connectivity index (χ1v) is 6.48. The molecule has 0 bridgehead atoms. The summed E-state index contributed by atoms with van der Waals surface area (Å²) in [7, 11) is 0. The van der Waals surface area contributed by atoms with Gasteiger partial charge in [0.2, 0.25) is 5.89 Å². The minimum Gasteiger partial charge on any atom is -0.339 e. The summed E-state index contributed by atoms with van der Waals surface area (Å²) in [5, 5.41) is 4.18. The Hall–Kier alpha value is -1.46. The van der Waals surface area contributed by atoms with Crippen LogP contribution in [0.15, 0.2) is 22.7 Å². The highest BCUT2D eigenvalue weighted by Gasteiger charge is 2.14. The van der Waals surface area contributed by atoms with Crippen molar-refractivity contribution in [1.29, 1.82) is 0 Å². The van der Waals surface area contributed by atoms with E-state index in [0.717, 1.165) is 6.42 Å². The number of benzene rings is 1. The van der Waals surface area contributed by atoms with Gasteiger partial charge in [-0.2, -0.15) is 4.98 Å². The molecule has 0 aliphatic rings. The summed E-state index contributed by atoms with van der Waals surface area (Å²) < 4.78 is 18.7. The molecule has 0 aliphatic carbocycles. The molecule has 102 valence electrons. The zero-order chi connectivity index (χ0) is 13.8. The zero-order valence-corrected chi connectivity index (χ0v) is 11.3. The maximum atomic E-state index is 13.6. The van der Waals surface area contributed by atoms with Gasteiger partial charge in [-0.25, -0.2) is 4.39 Å². The second kappa shape index (κ2) is 6.12. The van der Waals surface area contributed by atoms with Gasteiger partial charge >= 0.3 is 0 Å². The van der Waals surface area contributed by atoms with Crippen molar-refractivity contribution in [3.8, 4) is 0 Å². The van der Waals surface area contributed by atoms with Gasteiger partial charge in [0.15, 0.2) is 5.82 Å². The van der Waals surface area contributed by atoms with E-state index < -0.39 is 0 Å². The van der Waals surface area contributed by atoms with E-state index >= 15 is 0 Å². The Morgan fingerprint density at radius 2 is 2.26 bits per heavy atom. The van der Waals surface area contributed by atoms with Crippen LogP contribution in [0.3, 0.4) is 0 Å². The Morgan fingerprint density at radius 1 is 1.47 bits per heavy atom. The Kier molecular flexibility index (Phi) is 4.50. The van der Waals surface area contributed by atoms with Crippen LogP contribution in [0, 0.1) is 5.82 Å². The summed E-state index contributed by atoms with van der Waals surface area (Å²) in [5.41, 5.74) is 6.17. The first kappa shape index (κ1) is 14.0.